The van der Waals surface area contributed by atoms with E-state index >= 15 is 0 Å². The van der Waals surface area contributed by atoms with Gasteiger partial charge in [-0.25, -0.2) is 4.68 Å². The maximum Gasteiger partial charge on any atom is 0.277 e. The van der Waals surface area contributed by atoms with Crippen molar-refractivity contribution in [3.8, 4) is 5.69 Å². The number of hydrogen-bond acceptors (Lipinski definition) is 4. The van der Waals surface area contributed by atoms with E-state index in [1.54, 1.807) is 6.20 Å². The normalized spacial score (nSPS) is 18.7. The molecule has 1 aromatic carbocycles. The molecule has 3 heterocycles. The number of para-hydroxylation sites is 1. The third-order valence-electron chi connectivity index (χ3n) is 5.23. The number of fused-ring (bicyclic) bond motifs is 1. The molecule has 2 N–H and O–H groups in total. The number of benzene rings is 1. The second-order valence-corrected chi connectivity index (χ2v) is 6.86. The number of pyridine rings is 1. The summed E-state index contributed by atoms with van der Waals surface area (Å²) in [6.45, 7) is 0. The molecule has 0 bridgehead atoms. The summed E-state index contributed by atoms with van der Waals surface area (Å²) in [5.74, 6) is 0.295. The third kappa shape index (κ3) is 2.44. The number of carbonyl (C=O) groups excluding carboxylic acids is 1. The molecule has 1 atom stereocenters. The van der Waals surface area contributed by atoms with Crippen molar-refractivity contribution >= 4 is 11.6 Å². The Hall–Kier alpha value is -3.41. The van der Waals surface area contributed by atoms with Crippen LogP contribution in [0, 0.1) is 0 Å². The second kappa shape index (κ2) is 6.09. The van der Waals surface area contributed by atoms with Crippen molar-refractivity contribution in [3.05, 3.63) is 87.6 Å². The van der Waals surface area contributed by atoms with Gasteiger partial charge in [0.05, 0.1) is 22.9 Å². The molecule has 3 aromatic rings. The van der Waals surface area contributed by atoms with E-state index in [-0.39, 0.29) is 11.3 Å². The van der Waals surface area contributed by atoms with Crippen molar-refractivity contribution in [2.45, 2.75) is 25.2 Å². The fourth-order valence-corrected chi connectivity index (χ4v) is 4.04. The van der Waals surface area contributed by atoms with Crippen molar-refractivity contribution < 1.29 is 4.79 Å². The Morgan fingerprint density at radius 3 is 2.59 bits per heavy atom. The number of H-pyrrole nitrogens is 1. The van der Waals surface area contributed by atoms with Crippen molar-refractivity contribution in [1.29, 1.82) is 0 Å². The first kappa shape index (κ1) is 15.8. The molecule has 2 aromatic heterocycles. The summed E-state index contributed by atoms with van der Waals surface area (Å²) < 4.78 is 1.52. The van der Waals surface area contributed by atoms with E-state index in [0.717, 1.165) is 29.9 Å². The third-order valence-corrected chi connectivity index (χ3v) is 5.23. The first-order valence-corrected chi connectivity index (χ1v) is 9.08. The molecule has 6 heteroatoms. The monoisotopic (exact) mass is 358 g/mol. The van der Waals surface area contributed by atoms with Gasteiger partial charge in [0.15, 0.2) is 5.78 Å². The van der Waals surface area contributed by atoms with Gasteiger partial charge in [-0.15, -0.1) is 0 Å². The van der Waals surface area contributed by atoms with Gasteiger partial charge in [-0.05, 0) is 37.1 Å². The van der Waals surface area contributed by atoms with Crippen molar-refractivity contribution in [3.63, 3.8) is 0 Å². The zero-order chi connectivity index (χ0) is 18.4. The van der Waals surface area contributed by atoms with E-state index in [1.807, 2.05) is 48.5 Å². The van der Waals surface area contributed by atoms with Crippen LogP contribution in [0.25, 0.3) is 5.69 Å². The summed E-state index contributed by atoms with van der Waals surface area (Å²) in [5.41, 5.74) is 3.44. The predicted molar refractivity (Wildman–Crippen MR) is 102 cm³/mol. The lowest BCUT2D eigenvalue weighted by Gasteiger charge is -2.30. The van der Waals surface area contributed by atoms with Crippen LogP contribution in [0.15, 0.2) is 70.8 Å². The van der Waals surface area contributed by atoms with E-state index < -0.39 is 5.92 Å². The number of nitrogens with one attached hydrogen (secondary N) is 2. The highest BCUT2D eigenvalue weighted by molar-refractivity contribution is 6.00. The van der Waals surface area contributed by atoms with Gasteiger partial charge < -0.3 is 5.32 Å². The number of allylic oxidation sites excluding steroid dienone is 2. The van der Waals surface area contributed by atoms with Crippen LogP contribution in [-0.2, 0) is 4.79 Å². The van der Waals surface area contributed by atoms with Gasteiger partial charge in [0.25, 0.3) is 5.56 Å². The molecule has 5 rings (SSSR count). The van der Waals surface area contributed by atoms with E-state index in [0.29, 0.717) is 23.4 Å². The predicted octanol–water partition coefficient (Wildman–Crippen LogP) is 3.13. The second-order valence-electron chi connectivity index (χ2n) is 6.86. The van der Waals surface area contributed by atoms with Crippen molar-refractivity contribution in [2.24, 2.45) is 0 Å². The number of aromatic nitrogens is 3. The smallest absolute Gasteiger partial charge is 0.277 e. The Kier molecular flexibility index (Phi) is 3.57. The Balaban J connectivity index is 1.75. The lowest BCUT2D eigenvalue weighted by atomic mass is 9.78. The minimum Gasteiger partial charge on any atom is -0.343 e. The highest BCUT2D eigenvalue weighted by Crippen LogP contribution is 2.42. The molecule has 134 valence electrons. The fourth-order valence-electron chi connectivity index (χ4n) is 4.04. The van der Waals surface area contributed by atoms with Crippen molar-refractivity contribution in [2.75, 3.05) is 5.32 Å². The largest absolute Gasteiger partial charge is 0.343 e. The summed E-state index contributed by atoms with van der Waals surface area (Å²) in [5, 5.41) is 6.50. The van der Waals surface area contributed by atoms with Crippen LogP contribution < -0.4 is 10.9 Å². The van der Waals surface area contributed by atoms with Crippen LogP contribution in [0.1, 0.15) is 36.4 Å². The standard InChI is InChI=1S/C21H18N4O2/c26-16-11-6-10-15-17(16)18(14-9-4-5-12-22-14)19-20(23-15)24-25(21(19)27)13-7-2-1-3-8-13/h1-5,7-9,12,18,23-24H,6,10-11H2/t18-/m0/s1. The first-order valence-electron chi connectivity index (χ1n) is 9.08. The Morgan fingerprint density at radius 1 is 1.00 bits per heavy atom. The van der Waals surface area contributed by atoms with Crippen LogP contribution in [0.4, 0.5) is 5.82 Å². The molecular weight excluding hydrogens is 340 g/mol. The number of anilines is 1. The minimum atomic E-state index is -0.445. The molecule has 0 fully saturated rings. The van der Waals surface area contributed by atoms with Crippen LogP contribution in [0.2, 0.25) is 0 Å². The van der Waals surface area contributed by atoms with Gasteiger partial charge in [-0.1, -0.05) is 24.3 Å². The van der Waals surface area contributed by atoms with Gasteiger partial charge >= 0.3 is 0 Å². The van der Waals surface area contributed by atoms with Gasteiger partial charge in [0.2, 0.25) is 0 Å². The average Bonchev–Trinajstić information content (AvgIpc) is 3.04. The molecule has 27 heavy (non-hydrogen) atoms. The van der Waals surface area contributed by atoms with E-state index in [9.17, 15) is 9.59 Å². The average molecular weight is 358 g/mol. The Morgan fingerprint density at radius 2 is 1.81 bits per heavy atom. The fraction of sp³-hybridized carbons (Fsp3) is 0.190. The van der Waals surface area contributed by atoms with Crippen LogP contribution in [0.5, 0.6) is 0 Å². The van der Waals surface area contributed by atoms with Gasteiger partial charge in [0.1, 0.15) is 5.82 Å². The quantitative estimate of drug-likeness (QED) is 0.738. The summed E-state index contributed by atoms with van der Waals surface area (Å²) in [7, 11) is 0. The van der Waals surface area contributed by atoms with Gasteiger partial charge in [-0.2, -0.15) is 0 Å². The molecule has 0 saturated carbocycles. The molecule has 0 spiro atoms. The number of rotatable bonds is 2. The molecular formula is C21H18N4O2. The number of carbonyl (C=O) groups is 1. The molecule has 0 unspecified atom stereocenters. The summed E-state index contributed by atoms with van der Waals surface area (Å²) in [6.07, 6.45) is 3.82. The van der Waals surface area contributed by atoms with Crippen molar-refractivity contribution in [1.82, 2.24) is 14.8 Å². The zero-order valence-electron chi connectivity index (χ0n) is 14.6. The maximum atomic E-state index is 13.3. The molecule has 1 aliphatic heterocycles. The lowest BCUT2D eigenvalue weighted by molar-refractivity contribution is -0.116. The first-order chi connectivity index (χ1) is 13.2. The molecule has 6 nitrogen and oxygen atoms in total. The highest BCUT2D eigenvalue weighted by Gasteiger charge is 2.39. The maximum absolute atomic E-state index is 13.3. The zero-order valence-corrected chi connectivity index (χ0v) is 14.6. The highest BCUT2D eigenvalue weighted by atomic mass is 16.1. The number of aromatic amines is 1. The topological polar surface area (TPSA) is 79.8 Å². The van der Waals surface area contributed by atoms with Crippen LogP contribution in [-0.4, -0.2) is 20.5 Å². The molecule has 0 saturated heterocycles. The van der Waals surface area contributed by atoms with E-state index in [1.165, 1.54) is 4.68 Å². The number of nitrogens with zero attached hydrogens (tertiary/aromatic N) is 2. The SMILES string of the molecule is O=C1CCCC2=C1[C@H](c1ccccn1)c1c([nH]n(-c3ccccc3)c1=O)N2. The van der Waals surface area contributed by atoms with Gasteiger partial charge in [0, 0.05) is 23.9 Å². The molecule has 0 amide bonds. The minimum absolute atomic E-state index is 0.0944. The summed E-state index contributed by atoms with van der Waals surface area (Å²) in [4.78, 5) is 30.5. The Labute approximate surface area is 155 Å². The van der Waals surface area contributed by atoms with Gasteiger partial charge in [-0.3, -0.25) is 19.7 Å². The number of hydrogen-bond donors (Lipinski definition) is 2. The molecule has 1 aliphatic carbocycles. The summed E-state index contributed by atoms with van der Waals surface area (Å²) >= 11 is 0. The van der Waals surface area contributed by atoms with E-state index in [4.69, 9.17) is 0 Å². The Bertz CT molecular complexity index is 1110. The van der Waals surface area contributed by atoms with Crippen LogP contribution in [0.3, 0.4) is 0 Å². The molecule has 0 radical (unpaired) electrons. The van der Waals surface area contributed by atoms with Crippen LogP contribution >= 0.6 is 0 Å². The van der Waals surface area contributed by atoms with E-state index in [2.05, 4.69) is 15.4 Å². The molecule has 2 aliphatic rings. The number of ketones is 1. The summed E-state index contributed by atoms with van der Waals surface area (Å²) in [6, 6.07) is 15.0. The lowest BCUT2D eigenvalue weighted by Crippen LogP contribution is -2.30. The number of Topliss-reactive ketones (excluding diaryl/α,β-unsaturated/α-hetero) is 1.